The van der Waals surface area contributed by atoms with Gasteiger partial charge in [0.1, 0.15) is 0 Å². The lowest BCUT2D eigenvalue weighted by atomic mass is 10.1. The zero-order valence-corrected chi connectivity index (χ0v) is 12.6. The molecule has 120 valence electrons. The van der Waals surface area contributed by atoms with Crippen molar-refractivity contribution >= 4 is 5.91 Å². The number of carbonyl (C=O) groups is 1. The van der Waals surface area contributed by atoms with Crippen LogP contribution in [0.5, 0.6) is 0 Å². The fraction of sp³-hybridized carbons (Fsp3) is 0.562. The van der Waals surface area contributed by atoms with E-state index < -0.39 is 0 Å². The molecule has 3 rings (SSSR count). The molecule has 1 aromatic carbocycles. The van der Waals surface area contributed by atoms with Crippen LogP contribution in [0.25, 0.3) is 0 Å². The molecule has 0 aromatic heterocycles. The van der Waals surface area contributed by atoms with E-state index in [1.54, 1.807) is 12.1 Å². The summed E-state index contributed by atoms with van der Waals surface area (Å²) in [6.07, 6.45) is -0.201. The summed E-state index contributed by atoms with van der Waals surface area (Å²) in [5, 5.41) is 2.95. The highest BCUT2D eigenvalue weighted by molar-refractivity contribution is 5.94. The molecule has 2 heterocycles. The summed E-state index contributed by atoms with van der Waals surface area (Å²) in [7, 11) is 0. The SMILES string of the molecule is C[C@H]1O[C@@H](CC2OCCO2)OC[C@H]1NC(=O)c1ccccc1. The predicted molar refractivity (Wildman–Crippen MR) is 78.3 cm³/mol. The normalized spacial score (nSPS) is 29.4. The largest absolute Gasteiger partial charge is 0.350 e. The Labute approximate surface area is 129 Å². The zero-order chi connectivity index (χ0) is 15.4. The summed E-state index contributed by atoms with van der Waals surface area (Å²) in [5.74, 6) is -0.120. The summed E-state index contributed by atoms with van der Waals surface area (Å²) in [4.78, 5) is 12.2. The van der Waals surface area contributed by atoms with E-state index in [9.17, 15) is 4.79 Å². The van der Waals surface area contributed by atoms with Crippen LogP contribution >= 0.6 is 0 Å². The van der Waals surface area contributed by atoms with Crippen LogP contribution in [0.4, 0.5) is 0 Å². The van der Waals surface area contributed by atoms with Gasteiger partial charge in [-0.15, -0.1) is 0 Å². The maximum Gasteiger partial charge on any atom is 0.251 e. The van der Waals surface area contributed by atoms with Crippen molar-refractivity contribution in [2.75, 3.05) is 19.8 Å². The fourth-order valence-corrected chi connectivity index (χ4v) is 2.54. The van der Waals surface area contributed by atoms with Crippen LogP contribution in [-0.4, -0.2) is 50.5 Å². The van der Waals surface area contributed by atoms with E-state index in [2.05, 4.69) is 5.32 Å². The number of hydrogen-bond donors (Lipinski definition) is 1. The molecule has 2 aliphatic rings. The molecule has 0 bridgehead atoms. The lowest BCUT2D eigenvalue weighted by Crippen LogP contribution is -2.52. The van der Waals surface area contributed by atoms with E-state index in [0.29, 0.717) is 31.8 Å². The third-order valence-corrected chi connectivity index (χ3v) is 3.82. The number of carbonyl (C=O) groups excluding carboxylic acids is 1. The second-order valence-electron chi connectivity index (χ2n) is 5.46. The van der Waals surface area contributed by atoms with E-state index in [0.717, 1.165) is 0 Å². The Morgan fingerprint density at radius 3 is 2.55 bits per heavy atom. The number of hydrogen-bond acceptors (Lipinski definition) is 5. The lowest BCUT2D eigenvalue weighted by molar-refractivity contribution is -0.240. The maximum atomic E-state index is 12.2. The Bertz CT molecular complexity index is 489. The zero-order valence-electron chi connectivity index (χ0n) is 12.6. The van der Waals surface area contributed by atoms with Gasteiger partial charge in [0.15, 0.2) is 12.6 Å². The average molecular weight is 307 g/mol. The lowest BCUT2D eigenvalue weighted by Gasteiger charge is -2.35. The van der Waals surface area contributed by atoms with Gasteiger partial charge in [-0.25, -0.2) is 0 Å². The van der Waals surface area contributed by atoms with Gasteiger partial charge in [0.05, 0.1) is 32.0 Å². The van der Waals surface area contributed by atoms with Crippen molar-refractivity contribution in [3.8, 4) is 0 Å². The molecule has 3 atom stereocenters. The Morgan fingerprint density at radius 2 is 1.86 bits per heavy atom. The van der Waals surface area contributed by atoms with Crippen LogP contribution in [-0.2, 0) is 18.9 Å². The van der Waals surface area contributed by atoms with Gasteiger partial charge in [0.25, 0.3) is 5.91 Å². The van der Waals surface area contributed by atoms with Gasteiger partial charge in [-0.3, -0.25) is 4.79 Å². The van der Waals surface area contributed by atoms with Crippen molar-refractivity contribution in [3.63, 3.8) is 0 Å². The number of benzene rings is 1. The molecule has 0 radical (unpaired) electrons. The van der Waals surface area contributed by atoms with Gasteiger partial charge in [0.2, 0.25) is 0 Å². The number of amides is 1. The molecule has 1 aromatic rings. The molecule has 2 fully saturated rings. The molecule has 1 N–H and O–H groups in total. The molecule has 0 spiro atoms. The van der Waals surface area contributed by atoms with Crippen LogP contribution in [0.15, 0.2) is 30.3 Å². The summed E-state index contributed by atoms with van der Waals surface area (Å²) >= 11 is 0. The van der Waals surface area contributed by atoms with Gasteiger partial charge in [-0.1, -0.05) is 18.2 Å². The first kappa shape index (κ1) is 15.4. The molecule has 2 saturated heterocycles. The summed E-state index contributed by atoms with van der Waals surface area (Å²) < 4.78 is 22.2. The summed E-state index contributed by atoms with van der Waals surface area (Å²) in [6.45, 7) is 3.57. The van der Waals surface area contributed by atoms with Gasteiger partial charge < -0.3 is 24.3 Å². The molecule has 22 heavy (non-hydrogen) atoms. The average Bonchev–Trinajstić information content (AvgIpc) is 3.04. The Kier molecular flexibility index (Phi) is 5.04. The topological polar surface area (TPSA) is 66.0 Å². The molecule has 6 heteroatoms. The van der Waals surface area contributed by atoms with Crippen LogP contribution in [0, 0.1) is 0 Å². The number of nitrogens with one attached hydrogen (secondary N) is 1. The van der Waals surface area contributed by atoms with Crippen molar-refractivity contribution in [2.24, 2.45) is 0 Å². The molecule has 6 nitrogen and oxygen atoms in total. The van der Waals surface area contributed by atoms with Gasteiger partial charge in [-0.05, 0) is 19.1 Å². The van der Waals surface area contributed by atoms with Crippen molar-refractivity contribution < 1.29 is 23.7 Å². The third-order valence-electron chi connectivity index (χ3n) is 3.82. The first-order chi connectivity index (χ1) is 10.7. The maximum absolute atomic E-state index is 12.2. The molecule has 2 aliphatic heterocycles. The van der Waals surface area contributed by atoms with Crippen molar-refractivity contribution in [2.45, 2.75) is 38.1 Å². The molecular formula is C16H21NO5. The van der Waals surface area contributed by atoms with Crippen LogP contribution in [0.2, 0.25) is 0 Å². The van der Waals surface area contributed by atoms with Crippen molar-refractivity contribution in [1.29, 1.82) is 0 Å². The van der Waals surface area contributed by atoms with Gasteiger partial charge in [-0.2, -0.15) is 0 Å². The summed E-state index contributed by atoms with van der Waals surface area (Å²) in [6, 6.07) is 8.94. The first-order valence-corrected chi connectivity index (χ1v) is 7.58. The molecule has 0 saturated carbocycles. The first-order valence-electron chi connectivity index (χ1n) is 7.58. The Morgan fingerprint density at radius 1 is 1.14 bits per heavy atom. The Hall–Kier alpha value is -1.47. The highest BCUT2D eigenvalue weighted by Gasteiger charge is 2.32. The number of rotatable bonds is 4. The van der Waals surface area contributed by atoms with Crippen molar-refractivity contribution in [1.82, 2.24) is 5.32 Å². The van der Waals surface area contributed by atoms with Gasteiger partial charge in [0, 0.05) is 12.0 Å². The minimum absolute atomic E-state index is 0.120. The van der Waals surface area contributed by atoms with E-state index in [4.69, 9.17) is 18.9 Å². The van der Waals surface area contributed by atoms with Crippen LogP contribution < -0.4 is 5.32 Å². The fourth-order valence-electron chi connectivity index (χ4n) is 2.54. The van der Waals surface area contributed by atoms with Crippen LogP contribution in [0.3, 0.4) is 0 Å². The van der Waals surface area contributed by atoms with E-state index in [-0.39, 0.29) is 30.6 Å². The quantitative estimate of drug-likeness (QED) is 0.908. The smallest absolute Gasteiger partial charge is 0.251 e. The standard InChI is InChI=1S/C16H21NO5/c1-11-13(17-16(18)12-5-3-2-4-6-12)10-21-15(22-11)9-14-19-7-8-20-14/h2-6,11,13-15H,7-10H2,1H3,(H,17,18)/t11-,13-,15+/m1/s1. The molecule has 0 unspecified atom stereocenters. The monoisotopic (exact) mass is 307 g/mol. The highest BCUT2D eigenvalue weighted by Crippen LogP contribution is 2.20. The Balaban J connectivity index is 1.49. The van der Waals surface area contributed by atoms with Gasteiger partial charge >= 0.3 is 0 Å². The minimum Gasteiger partial charge on any atom is -0.350 e. The summed E-state index contributed by atoms with van der Waals surface area (Å²) in [5.41, 5.74) is 0.629. The van der Waals surface area contributed by atoms with E-state index in [1.807, 2.05) is 25.1 Å². The second kappa shape index (κ2) is 7.19. The second-order valence-corrected chi connectivity index (χ2v) is 5.46. The minimum atomic E-state index is -0.358. The van der Waals surface area contributed by atoms with E-state index >= 15 is 0 Å². The van der Waals surface area contributed by atoms with Crippen LogP contribution in [0.1, 0.15) is 23.7 Å². The molecule has 1 amide bonds. The van der Waals surface area contributed by atoms with E-state index in [1.165, 1.54) is 0 Å². The third kappa shape index (κ3) is 3.84. The highest BCUT2D eigenvalue weighted by atomic mass is 16.7. The van der Waals surface area contributed by atoms with Crippen molar-refractivity contribution in [3.05, 3.63) is 35.9 Å². The number of ether oxygens (including phenoxy) is 4. The molecule has 0 aliphatic carbocycles. The molecular weight excluding hydrogens is 286 g/mol. The predicted octanol–water partition coefficient (Wildman–Crippen LogP) is 1.31.